The first kappa shape index (κ1) is 12.5. The van der Waals surface area contributed by atoms with E-state index in [1.54, 1.807) is 0 Å². The molecule has 2 rings (SSSR count). The number of hydrogen-bond acceptors (Lipinski definition) is 3. The smallest absolute Gasteiger partial charge is 0.306 e. The van der Waals surface area contributed by atoms with Crippen LogP contribution in [0.4, 0.5) is 0 Å². The van der Waals surface area contributed by atoms with Gasteiger partial charge in [-0.2, -0.15) is 0 Å². The van der Waals surface area contributed by atoms with Crippen LogP contribution in [-0.2, 0) is 22.4 Å². The molecule has 1 aromatic carbocycles. The average molecular weight is 250 g/mol. The standard InChI is InChI=1S/C14H18O2S/c1-2-16-14(15)8-10-3-4-12-9-13(17)6-5-11(12)7-10/h5-6,9-10,17H,2-4,7-8H2,1H3. The fourth-order valence-electron chi connectivity index (χ4n) is 2.45. The van der Waals surface area contributed by atoms with Crippen LogP contribution in [0.25, 0.3) is 0 Å². The molecule has 0 heterocycles. The molecule has 0 aliphatic heterocycles. The SMILES string of the molecule is CCOC(=O)CC1CCc2cc(S)ccc2C1. The number of esters is 1. The summed E-state index contributed by atoms with van der Waals surface area (Å²) >= 11 is 4.35. The van der Waals surface area contributed by atoms with Crippen LogP contribution in [0.1, 0.15) is 30.9 Å². The second-order valence-corrected chi connectivity index (χ2v) is 5.09. The highest BCUT2D eigenvalue weighted by molar-refractivity contribution is 7.80. The van der Waals surface area contributed by atoms with E-state index in [1.807, 2.05) is 13.0 Å². The predicted molar refractivity (Wildman–Crippen MR) is 70.5 cm³/mol. The molecule has 0 saturated heterocycles. The Bertz CT molecular complexity index is 415. The lowest BCUT2D eigenvalue weighted by molar-refractivity contribution is -0.144. The predicted octanol–water partition coefficient (Wildman–Crippen LogP) is 3.03. The van der Waals surface area contributed by atoms with Gasteiger partial charge in [-0.25, -0.2) is 0 Å². The molecular formula is C14H18O2S. The van der Waals surface area contributed by atoms with Gasteiger partial charge in [0.25, 0.3) is 0 Å². The fraction of sp³-hybridized carbons (Fsp3) is 0.500. The second kappa shape index (κ2) is 5.58. The van der Waals surface area contributed by atoms with E-state index in [1.165, 1.54) is 11.1 Å². The van der Waals surface area contributed by atoms with Gasteiger partial charge >= 0.3 is 5.97 Å². The summed E-state index contributed by atoms with van der Waals surface area (Å²) in [5.74, 6) is 0.374. The highest BCUT2D eigenvalue weighted by Crippen LogP contribution is 2.29. The Balaban J connectivity index is 1.99. The van der Waals surface area contributed by atoms with E-state index in [2.05, 4.69) is 24.8 Å². The maximum absolute atomic E-state index is 11.4. The first-order valence-electron chi connectivity index (χ1n) is 6.15. The Morgan fingerprint density at radius 1 is 1.47 bits per heavy atom. The highest BCUT2D eigenvalue weighted by atomic mass is 32.1. The number of benzene rings is 1. The number of carbonyl (C=O) groups is 1. The molecule has 1 aliphatic carbocycles. The van der Waals surface area contributed by atoms with Crippen LogP contribution in [0.2, 0.25) is 0 Å². The summed E-state index contributed by atoms with van der Waals surface area (Å²) < 4.78 is 5.00. The number of ether oxygens (including phenoxy) is 1. The Labute approximate surface area is 108 Å². The number of fused-ring (bicyclic) bond motifs is 1. The molecule has 1 unspecified atom stereocenters. The van der Waals surface area contributed by atoms with Gasteiger partial charge in [-0.05, 0) is 55.4 Å². The van der Waals surface area contributed by atoms with Crippen LogP contribution < -0.4 is 0 Å². The quantitative estimate of drug-likeness (QED) is 0.659. The maximum Gasteiger partial charge on any atom is 0.306 e. The van der Waals surface area contributed by atoms with Crippen molar-refractivity contribution in [3.8, 4) is 0 Å². The van der Waals surface area contributed by atoms with Crippen molar-refractivity contribution in [1.29, 1.82) is 0 Å². The third-order valence-corrected chi connectivity index (χ3v) is 3.56. The molecule has 0 radical (unpaired) electrons. The van der Waals surface area contributed by atoms with Gasteiger partial charge in [0.1, 0.15) is 0 Å². The zero-order valence-electron chi connectivity index (χ0n) is 10.1. The molecule has 3 heteroatoms. The molecule has 92 valence electrons. The van der Waals surface area contributed by atoms with E-state index in [0.29, 0.717) is 18.9 Å². The van der Waals surface area contributed by atoms with Crippen molar-refractivity contribution in [3.63, 3.8) is 0 Å². The number of aryl methyl sites for hydroxylation is 1. The zero-order valence-corrected chi connectivity index (χ0v) is 11.0. The fourth-order valence-corrected chi connectivity index (χ4v) is 2.68. The number of carbonyl (C=O) groups excluding carboxylic acids is 1. The third kappa shape index (κ3) is 3.25. The molecule has 0 fully saturated rings. The van der Waals surface area contributed by atoms with E-state index in [-0.39, 0.29) is 5.97 Å². The number of rotatable bonds is 3. The van der Waals surface area contributed by atoms with Crippen molar-refractivity contribution in [2.45, 2.75) is 37.5 Å². The van der Waals surface area contributed by atoms with Gasteiger partial charge in [-0.1, -0.05) is 6.07 Å². The van der Waals surface area contributed by atoms with Crippen molar-refractivity contribution in [3.05, 3.63) is 29.3 Å². The molecule has 0 aromatic heterocycles. The minimum absolute atomic E-state index is 0.0632. The first-order valence-corrected chi connectivity index (χ1v) is 6.60. The van der Waals surface area contributed by atoms with Gasteiger partial charge in [0.05, 0.1) is 6.61 Å². The van der Waals surface area contributed by atoms with Crippen LogP contribution in [0.3, 0.4) is 0 Å². The van der Waals surface area contributed by atoms with Crippen molar-refractivity contribution in [2.24, 2.45) is 5.92 Å². The van der Waals surface area contributed by atoms with E-state index in [0.717, 1.165) is 24.2 Å². The molecule has 0 bridgehead atoms. The maximum atomic E-state index is 11.4. The van der Waals surface area contributed by atoms with Crippen LogP contribution in [-0.4, -0.2) is 12.6 Å². The topological polar surface area (TPSA) is 26.3 Å². The lowest BCUT2D eigenvalue weighted by Crippen LogP contribution is -2.19. The Morgan fingerprint density at radius 3 is 3.06 bits per heavy atom. The Hall–Kier alpha value is -0.960. The monoisotopic (exact) mass is 250 g/mol. The van der Waals surface area contributed by atoms with Gasteiger partial charge in [0.2, 0.25) is 0 Å². The van der Waals surface area contributed by atoms with Gasteiger partial charge < -0.3 is 4.74 Å². The molecule has 1 aliphatic rings. The molecular weight excluding hydrogens is 232 g/mol. The van der Waals surface area contributed by atoms with E-state index in [9.17, 15) is 4.79 Å². The van der Waals surface area contributed by atoms with Crippen molar-refractivity contribution >= 4 is 18.6 Å². The lowest BCUT2D eigenvalue weighted by atomic mass is 9.82. The summed E-state index contributed by atoms with van der Waals surface area (Å²) in [6, 6.07) is 6.29. The van der Waals surface area contributed by atoms with E-state index < -0.39 is 0 Å². The van der Waals surface area contributed by atoms with Crippen LogP contribution in [0.15, 0.2) is 23.1 Å². The van der Waals surface area contributed by atoms with Gasteiger partial charge in [0.15, 0.2) is 0 Å². The highest BCUT2D eigenvalue weighted by Gasteiger charge is 2.21. The third-order valence-electron chi connectivity index (χ3n) is 3.28. The Morgan fingerprint density at radius 2 is 2.29 bits per heavy atom. The summed E-state index contributed by atoms with van der Waals surface area (Å²) in [4.78, 5) is 12.5. The summed E-state index contributed by atoms with van der Waals surface area (Å²) in [5.41, 5.74) is 2.75. The van der Waals surface area contributed by atoms with Crippen molar-refractivity contribution in [2.75, 3.05) is 6.61 Å². The average Bonchev–Trinajstić information content (AvgIpc) is 2.29. The van der Waals surface area contributed by atoms with E-state index in [4.69, 9.17) is 4.74 Å². The molecule has 0 amide bonds. The Kier molecular flexibility index (Phi) is 4.11. The summed E-state index contributed by atoms with van der Waals surface area (Å²) in [5, 5.41) is 0. The number of thiol groups is 1. The van der Waals surface area contributed by atoms with Crippen LogP contribution >= 0.6 is 12.6 Å². The van der Waals surface area contributed by atoms with Gasteiger partial charge in [-0.15, -0.1) is 12.6 Å². The van der Waals surface area contributed by atoms with E-state index >= 15 is 0 Å². The van der Waals surface area contributed by atoms with Crippen LogP contribution in [0.5, 0.6) is 0 Å². The number of hydrogen-bond donors (Lipinski definition) is 1. The molecule has 0 saturated carbocycles. The van der Waals surface area contributed by atoms with Gasteiger partial charge in [-0.3, -0.25) is 4.79 Å². The normalized spacial score (nSPS) is 18.6. The zero-order chi connectivity index (χ0) is 12.3. The lowest BCUT2D eigenvalue weighted by Gasteiger charge is -2.24. The van der Waals surface area contributed by atoms with Crippen LogP contribution in [0, 0.1) is 5.92 Å². The van der Waals surface area contributed by atoms with Crippen molar-refractivity contribution < 1.29 is 9.53 Å². The molecule has 17 heavy (non-hydrogen) atoms. The molecule has 2 nitrogen and oxygen atoms in total. The summed E-state index contributed by atoms with van der Waals surface area (Å²) in [6.07, 6.45) is 3.66. The molecule has 1 aromatic rings. The van der Waals surface area contributed by atoms with Crippen molar-refractivity contribution in [1.82, 2.24) is 0 Å². The minimum atomic E-state index is -0.0632. The van der Waals surface area contributed by atoms with Gasteiger partial charge in [0, 0.05) is 11.3 Å². The second-order valence-electron chi connectivity index (χ2n) is 4.57. The largest absolute Gasteiger partial charge is 0.466 e. The summed E-state index contributed by atoms with van der Waals surface area (Å²) in [7, 11) is 0. The first-order chi connectivity index (χ1) is 8.19. The summed E-state index contributed by atoms with van der Waals surface area (Å²) in [6.45, 7) is 2.33. The molecule has 0 N–H and O–H groups in total. The minimum Gasteiger partial charge on any atom is -0.466 e. The molecule has 1 atom stereocenters. The molecule has 0 spiro atoms.